The number of aliphatic hydroxyl groups is 2. The van der Waals surface area contributed by atoms with Crippen molar-refractivity contribution in [3.8, 4) is 0 Å². The second kappa shape index (κ2) is 62.7. The molecule has 0 saturated heterocycles. The Hall–Kier alpha value is -3.53. The summed E-state index contributed by atoms with van der Waals surface area (Å²) in [5.41, 5.74) is 0. The van der Waals surface area contributed by atoms with Gasteiger partial charge in [0, 0.05) is 19.3 Å². The number of unbranched alkanes of at least 4 members (excludes halogenated alkanes) is 24. The Morgan fingerprint density at radius 3 is 1.01 bits per heavy atom. The van der Waals surface area contributed by atoms with Crippen LogP contribution in [0.15, 0.2) is 97.2 Å². The molecule has 0 fully saturated rings. The van der Waals surface area contributed by atoms with Crippen LogP contribution in [-0.4, -0.2) is 95.9 Å². The van der Waals surface area contributed by atoms with Gasteiger partial charge in [0.2, 0.25) is 0 Å². The summed E-state index contributed by atoms with van der Waals surface area (Å²) in [4.78, 5) is 58.3. The fourth-order valence-corrected chi connectivity index (χ4v) is 10.2. The van der Waals surface area contributed by atoms with Crippen LogP contribution in [0.2, 0.25) is 0 Å². The number of ether oxygens (including phenoxy) is 3. The Morgan fingerprint density at radius 2 is 0.609 bits per heavy atom. The molecule has 0 aliphatic rings. The van der Waals surface area contributed by atoms with Crippen LogP contribution in [0.1, 0.15) is 265 Å². The fraction of sp³-hybridized carbons (Fsp3) is 0.725. The number of esters is 3. The van der Waals surface area contributed by atoms with Gasteiger partial charge in [-0.15, -0.1) is 0 Å². The van der Waals surface area contributed by atoms with E-state index in [4.69, 9.17) is 32.3 Å². The summed E-state index contributed by atoms with van der Waals surface area (Å²) >= 11 is 0. The van der Waals surface area contributed by atoms with E-state index in [0.717, 1.165) is 122 Å². The van der Waals surface area contributed by atoms with Crippen LogP contribution in [0.3, 0.4) is 0 Å². The van der Waals surface area contributed by atoms with Crippen LogP contribution in [-0.2, 0) is 55.8 Å². The minimum Gasteiger partial charge on any atom is -0.463 e. The molecule has 5 unspecified atom stereocenters. The van der Waals surface area contributed by atoms with Gasteiger partial charge in [0.1, 0.15) is 25.4 Å². The summed E-state index contributed by atoms with van der Waals surface area (Å²) in [5, 5.41) is 20.5. The zero-order valence-corrected chi connectivity index (χ0v) is 56.0. The number of aliphatic hydroxyl groups excluding tert-OH is 2. The number of carbonyl (C=O) groups excluding carboxylic acids is 3. The molecule has 0 heterocycles. The molecule has 0 radical (unpaired) electrons. The minimum atomic E-state index is -4.93. The van der Waals surface area contributed by atoms with Gasteiger partial charge in [0.25, 0.3) is 0 Å². The molecule has 0 bridgehead atoms. The maximum atomic E-state index is 12.9. The summed E-state index contributed by atoms with van der Waals surface area (Å²) < 4.78 is 60.8. The predicted molar refractivity (Wildman–Crippen MR) is 353 cm³/mol. The normalized spacial score (nSPS) is 14.9. The number of phosphoric ester groups is 2. The molecule has 4 N–H and O–H groups in total. The average molecular weight is 1270 g/mol. The van der Waals surface area contributed by atoms with Crippen LogP contribution in [0, 0.1) is 0 Å². The van der Waals surface area contributed by atoms with E-state index in [-0.39, 0.29) is 19.3 Å². The SMILES string of the molecule is CC/C=C\C/C=C\C/C=C\C/C=C\C/C=C\C/C=C\CCCCC(=O)OCC(O)COP(=O)(O)OCC(O)COP(=O)(O)OCC(COC(=O)CCCCCCC/C=C\C/C=C\CCCCC)OC(=O)CCCCCCCCCCCCCCCCC. The highest BCUT2D eigenvalue weighted by Gasteiger charge is 2.29. The molecule has 18 heteroatoms. The number of hydrogen-bond acceptors (Lipinski definition) is 14. The third-order valence-electron chi connectivity index (χ3n) is 13.8. The predicted octanol–water partition coefficient (Wildman–Crippen LogP) is 18.3. The largest absolute Gasteiger partial charge is 0.472 e. The van der Waals surface area contributed by atoms with Crippen molar-refractivity contribution in [3.63, 3.8) is 0 Å². The monoisotopic (exact) mass is 1270 g/mol. The number of allylic oxidation sites excluding steroid dienone is 16. The molecule has 5 atom stereocenters. The minimum absolute atomic E-state index is 0.103. The van der Waals surface area contributed by atoms with Crippen molar-refractivity contribution < 1.29 is 75.8 Å². The molecular weight excluding hydrogens is 1150 g/mol. The lowest BCUT2D eigenvalue weighted by Gasteiger charge is -2.21. The van der Waals surface area contributed by atoms with Crippen molar-refractivity contribution in [2.24, 2.45) is 0 Å². The standard InChI is InChI=1S/C69H120O16P2/c1-4-7-10-13-16-19-22-25-28-29-30-31-32-33-36-38-40-43-46-49-52-55-67(72)79-58-64(70)59-81-86(75,76)82-60-65(71)61-83-87(77,78)84-63-66(85-69(74)57-54-51-48-45-42-39-35-27-24-21-18-15-12-9-6-3)62-80-68(73)56-53-50-47-44-41-37-34-26-23-20-17-14-11-8-5-2/h7,10,16-17,19-20,25-26,28,30-31,33-34,36,40,43,64-66,70-71H,4-6,8-9,11-15,18,21-24,27,29,32,35,37-39,41-42,44-63H2,1-3H3,(H,75,76)(H,77,78)/b10-7-,19-16-,20-17-,28-25-,31-30-,34-26-,36-33-,43-40-. The summed E-state index contributed by atoms with van der Waals surface area (Å²) in [6, 6.07) is 0. The zero-order chi connectivity index (χ0) is 63.8. The first kappa shape index (κ1) is 83.5. The molecule has 0 aliphatic carbocycles. The number of hydrogen-bond donors (Lipinski definition) is 4. The molecule has 0 rings (SSSR count). The second-order valence-electron chi connectivity index (χ2n) is 22.2. The number of carbonyl (C=O) groups is 3. The molecule has 502 valence electrons. The molecule has 0 aromatic rings. The van der Waals surface area contributed by atoms with Gasteiger partial charge in [-0.3, -0.25) is 32.5 Å². The average Bonchev–Trinajstić information content (AvgIpc) is 3.68. The van der Waals surface area contributed by atoms with E-state index >= 15 is 0 Å². The van der Waals surface area contributed by atoms with Gasteiger partial charge in [0.15, 0.2) is 6.10 Å². The van der Waals surface area contributed by atoms with Crippen LogP contribution < -0.4 is 0 Å². The Balaban J connectivity index is 4.68. The second-order valence-corrected chi connectivity index (χ2v) is 25.2. The van der Waals surface area contributed by atoms with Crippen LogP contribution in [0.5, 0.6) is 0 Å². The molecule has 0 aromatic carbocycles. The zero-order valence-electron chi connectivity index (χ0n) is 54.2. The first-order valence-electron chi connectivity index (χ1n) is 33.5. The lowest BCUT2D eigenvalue weighted by molar-refractivity contribution is -0.161. The van der Waals surface area contributed by atoms with Gasteiger partial charge in [-0.25, -0.2) is 9.13 Å². The topological polar surface area (TPSA) is 231 Å². The summed E-state index contributed by atoms with van der Waals surface area (Å²) in [6.45, 7) is 2.47. The molecule has 0 amide bonds. The highest BCUT2D eigenvalue weighted by atomic mass is 31.2. The molecule has 0 saturated carbocycles. The Labute approximate surface area is 527 Å². The van der Waals surface area contributed by atoms with Crippen molar-refractivity contribution in [2.45, 2.75) is 283 Å². The van der Waals surface area contributed by atoms with Gasteiger partial charge >= 0.3 is 33.6 Å². The quantitative estimate of drug-likeness (QED) is 0.0146. The van der Waals surface area contributed by atoms with Crippen molar-refractivity contribution >= 4 is 33.6 Å². The third-order valence-corrected chi connectivity index (χ3v) is 15.7. The van der Waals surface area contributed by atoms with E-state index < -0.39 is 91.5 Å². The summed E-state index contributed by atoms with van der Waals surface area (Å²) in [6.07, 6.45) is 67.5. The molecule has 16 nitrogen and oxygen atoms in total. The Kier molecular flexibility index (Phi) is 60.1. The Morgan fingerprint density at radius 1 is 0.333 bits per heavy atom. The molecule has 0 aliphatic heterocycles. The van der Waals surface area contributed by atoms with Crippen molar-refractivity contribution in [3.05, 3.63) is 97.2 Å². The van der Waals surface area contributed by atoms with E-state index in [1.165, 1.54) is 83.5 Å². The molecule has 87 heavy (non-hydrogen) atoms. The van der Waals surface area contributed by atoms with Crippen LogP contribution in [0.25, 0.3) is 0 Å². The smallest absolute Gasteiger partial charge is 0.463 e. The van der Waals surface area contributed by atoms with E-state index in [0.29, 0.717) is 19.3 Å². The van der Waals surface area contributed by atoms with E-state index in [1.54, 1.807) is 0 Å². The summed E-state index contributed by atoms with van der Waals surface area (Å²) in [5.74, 6) is -1.63. The van der Waals surface area contributed by atoms with E-state index in [1.807, 2.05) is 0 Å². The van der Waals surface area contributed by atoms with Gasteiger partial charge in [-0.05, 0) is 103 Å². The Bertz CT molecular complexity index is 1980. The lowest BCUT2D eigenvalue weighted by Crippen LogP contribution is -2.30. The van der Waals surface area contributed by atoms with Crippen molar-refractivity contribution in [1.29, 1.82) is 0 Å². The molecular formula is C69H120O16P2. The number of rotatable bonds is 63. The van der Waals surface area contributed by atoms with Gasteiger partial charge in [-0.1, -0.05) is 240 Å². The van der Waals surface area contributed by atoms with Gasteiger partial charge in [-0.2, -0.15) is 0 Å². The highest BCUT2D eigenvalue weighted by molar-refractivity contribution is 7.47. The highest BCUT2D eigenvalue weighted by Crippen LogP contribution is 2.45. The lowest BCUT2D eigenvalue weighted by atomic mass is 10.0. The molecule has 0 aromatic heterocycles. The molecule has 0 spiro atoms. The van der Waals surface area contributed by atoms with Crippen LogP contribution in [0.4, 0.5) is 0 Å². The van der Waals surface area contributed by atoms with E-state index in [9.17, 15) is 43.5 Å². The van der Waals surface area contributed by atoms with Gasteiger partial charge in [0.05, 0.1) is 26.4 Å². The third kappa shape index (κ3) is 63.8. The summed E-state index contributed by atoms with van der Waals surface area (Å²) in [7, 11) is -9.78. The fourth-order valence-electron chi connectivity index (χ4n) is 8.66. The maximum absolute atomic E-state index is 12.9. The van der Waals surface area contributed by atoms with Crippen LogP contribution >= 0.6 is 15.6 Å². The first-order valence-corrected chi connectivity index (χ1v) is 36.5. The van der Waals surface area contributed by atoms with E-state index in [2.05, 4.69) is 118 Å². The maximum Gasteiger partial charge on any atom is 0.472 e. The van der Waals surface area contributed by atoms with Crippen molar-refractivity contribution in [2.75, 3.05) is 39.6 Å². The number of phosphoric acid groups is 2. The van der Waals surface area contributed by atoms with Crippen molar-refractivity contribution in [1.82, 2.24) is 0 Å². The van der Waals surface area contributed by atoms with Gasteiger partial charge < -0.3 is 34.2 Å². The first-order chi connectivity index (χ1) is 42.2.